The van der Waals surface area contributed by atoms with Crippen molar-refractivity contribution >= 4 is 12.4 Å². The Morgan fingerprint density at radius 2 is 1.78 bits per heavy atom. The van der Waals surface area contributed by atoms with E-state index in [0.717, 1.165) is 11.8 Å². The molecule has 0 saturated carbocycles. The van der Waals surface area contributed by atoms with Crippen molar-refractivity contribution in [2.24, 2.45) is 11.8 Å². The summed E-state index contributed by atoms with van der Waals surface area (Å²) < 4.78 is 0. The van der Waals surface area contributed by atoms with E-state index in [0.29, 0.717) is 0 Å². The van der Waals surface area contributed by atoms with Gasteiger partial charge in [-0.1, -0.05) is 0 Å². The summed E-state index contributed by atoms with van der Waals surface area (Å²) in [4.78, 5) is 5.08. The largest absolute Gasteiger partial charge is 0.317 e. The molecule has 3 nitrogen and oxygen atoms in total. The van der Waals surface area contributed by atoms with Crippen LogP contribution in [0.25, 0.3) is 0 Å². The first-order valence-electron chi connectivity index (χ1n) is 7.32. The minimum Gasteiger partial charge on any atom is -0.317 e. The lowest BCUT2D eigenvalue weighted by Gasteiger charge is -2.34. The van der Waals surface area contributed by atoms with Crippen molar-refractivity contribution in [3.63, 3.8) is 0 Å². The van der Waals surface area contributed by atoms with E-state index in [2.05, 4.69) is 29.2 Å². The summed E-state index contributed by atoms with van der Waals surface area (Å²) in [5.41, 5.74) is 0. The van der Waals surface area contributed by atoms with E-state index in [1.165, 1.54) is 65.0 Å². The number of nitrogens with zero attached hydrogens (tertiary/aromatic N) is 2. The fourth-order valence-electron chi connectivity index (χ4n) is 3.44. The van der Waals surface area contributed by atoms with Gasteiger partial charge in [0.05, 0.1) is 0 Å². The number of halogens is 1. The molecule has 1 atom stereocenters. The second kappa shape index (κ2) is 8.36. The van der Waals surface area contributed by atoms with E-state index < -0.39 is 0 Å². The van der Waals surface area contributed by atoms with Gasteiger partial charge in [0.15, 0.2) is 0 Å². The zero-order valence-corrected chi connectivity index (χ0v) is 12.8. The Labute approximate surface area is 119 Å². The Morgan fingerprint density at radius 3 is 2.44 bits per heavy atom. The van der Waals surface area contributed by atoms with Gasteiger partial charge in [-0.15, -0.1) is 12.4 Å². The number of likely N-dealkylation sites (tertiary alicyclic amines) is 1. The van der Waals surface area contributed by atoms with Crippen molar-refractivity contribution in [2.45, 2.75) is 25.7 Å². The van der Waals surface area contributed by atoms with E-state index in [4.69, 9.17) is 0 Å². The summed E-state index contributed by atoms with van der Waals surface area (Å²) in [6, 6.07) is 0. The van der Waals surface area contributed by atoms with Crippen LogP contribution >= 0.6 is 12.4 Å². The molecule has 18 heavy (non-hydrogen) atoms. The summed E-state index contributed by atoms with van der Waals surface area (Å²) in [6.45, 7) is 7.66. The molecule has 2 saturated heterocycles. The van der Waals surface area contributed by atoms with Crippen LogP contribution in [0.1, 0.15) is 25.7 Å². The Morgan fingerprint density at radius 1 is 1.11 bits per heavy atom. The van der Waals surface area contributed by atoms with Gasteiger partial charge in [0.2, 0.25) is 0 Å². The molecule has 2 fully saturated rings. The van der Waals surface area contributed by atoms with E-state index in [-0.39, 0.29) is 12.4 Å². The predicted octanol–water partition coefficient (Wildman–Crippen LogP) is 1.68. The van der Waals surface area contributed by atoms with E-state index >= 15 is 0 Å². The van der Waals surface area contributed by atoms with Crippen LogP contribution in [0.5, 0.6) is 0 Å². The van der Waals surface area contributed by atoms with E-state index in [1.807, 2.05) is 0 Å². The first-order valence-corrected chi connectivity index (χ1v) is 7.32. The van der Waals surface area contributed by atoms with Gasteiger partial charge in [-0.25, -0.2) is 0 Å². The quantitative estimate of drug-likeness (QED) is 0.842. The maximum Gasteiger partial charge on any atom is 0.00190 e. The molecule has 0 spiro atoms. The molecule has 0 aromatic heterocycles. The van der Waals surface area contributed by atoms with Gasteiger partial charge in [0.25, 0.3) is 0 Å². The highest BCUT2D eigenvalue weighted by atomic mass is 35.5. The van der Waals surface area contributed by atoms with Crippen LogP contribution in [0.15, 0.2) is 0 Å². The number of hydrogen-bond acceptors (Lipinski definition) is 3. The molecule has 0 aromatic rings. The zero-order valence-electron chi connectivity index (χ0n) is 12.0. The number of piperidine rings is 2. The van der Waals surface area contributed by atoms with Crippen molar-refractivity contribution in [3.05, 3.63) is 0 Å². The molecular formula is C14H30ClN3. The monoisotopic (exact) mass is 275 g/mol. The third-order valence-corrected chi connectivity index (χ3v) is 4.32. The van der Waals surface area contributed by atoms with Gasteiger partial charge in [-0.05, 0) is 71.2 Å². The van der Waals surface area contributed by atoms with Crippen molar-refractivity contribution in [1.29, 1.82) is 0 Å². The van der Waals surface area contributed by atoms with Gasteiger partial charge in [-0.2, -0.15) is 0 Å². The standard InChI is InChI=1S/C14H29N3.ClH/c1-16-9-3-4-14(11-16)12-17(2)10-13-5-7-15-8-6-13;/h13-15H,3-12H2,1-2H3;1H. The highest BCUT2D eigenvalue weighted by Crippen LogP contribution is 2.18. The third-order valence-electron chi connectivity index (χ3n) is 4.32. The summed E-state index contributed by atoms with van der Waals surface area (Å²) >= 11 is 0. The summed E-state index contributed by atoms with van der Waals surface area (Å²) in [5.74, 6) is 1.84. The van der Waals surface area contributed by atoms with Crippen molar-refractivity contribution in [2.75, 3.05) is 53.4 Å². The molecule has 108 valence electrons. The Hall–Kier alpha value is 0.170. The van der Waals surface area contributed by atoms with Gasteiger partial charge < -0.3 is 15.1 Å². The van der Waals surface area contributed by atoms with Crippen LogP contribution in [0, 0.1) is 11.8 Å². The number of nitrogens with one attached hydrogen (secondary N) is 1. The van der Waals surface area contributed by atoms with Crippen LogP contribution in [-0.4, -0.2) is 63.2 Å². The normalized spacial score (nSPS) is 27.2. The fraction of sp³-hybridized carbons (Fsp3) is 1.00. The first kappa shape index (κ1) is 16.2. The predicted molar refractivity (Wildman–Crippen MR) is 80.6 cm³/mol. The zero-order chi connectivity index (χ0) is 12.1. The molecule has 0 amide bonds. The Kier molecular flexibility index (Phi) is 7.54. The SMILES string of the molecule is CN1CCCC(CN(C)CC2CCNCC2)C1.Cl. The summed E-state index contributed by atoms with van der Waals surface area (Å²) in [6.07, 6.45) is 5.56. The molecule has 1 N–H and O–H groups in total. The third kappa shape index (κ3) is 5.43. The topological polar surface area (TPSA) is 18.5 Å². The van der Waals surface area contributed by atoms with Gasteiger partial charge in [-0.3, -0.25) is 0 Å². The lowest BCUT2D eigenvalue weighted by atomic mass is 9.95. The average Bonchev–Trinajstić information content (AvgIpc) is 2.30. The van der Waals surface area contributed by atoms with E-state index in [1.54, 1.807) is 0 Å². The van der Waals surface area contributed by atoms with Crippen molar-refractivity contribution < 1.29 is 0 Å². The maximum atomic E-state index is 3.45. The van der Waals surface area contributed by atoms with Crippen LogP contribution in [0.2, 0.25) is 0 Å². The average molecular weight is 276 g/mol. The highest BCUT2D eigenvalue weighted by Gasteiger charge is 2.20. The minimum atomic E-state index is 0. The van der Waals surface area contributed by atoms with Crippen LogP contribution < -0.4 is 5.32 Å². The molecular weight excluding hydrogens is 246 g/mol. The van der Waals surface area contributed by atoms with Crippen molar-refractivity contribution in [3.8, 4) is 0 Å². The maximum absolute atomic E-state index is 3.45. The molecule has 1 unspecified atom stereocenters. The molecule has 2 heterocycles. The second-order valence-corrected chi connectivity index (χ2v) is 6.19. The molecule has 2 rings (SSSR count). The molecule has 0 bridgehead atoms. The van der Waals surface area contributed by atoms with Crippen LogP contribution in [0.4, 0.5) is 0 Å². The molecule has 0 aliphatic carbocycles. The Balaban J connectivity index is 0.00000162. The Bertz CT molecular complexity index is 219. The van der Waals surface area contributed by atoms with Gasteiger partial charge in [0.1, 0.15) is 0 Å². The molecule has 0 radical (unpaired) electrons. The number of hydrogen-bond donors (Lipinski definition) is 1. The lowest BCUT2D eigenvalue weighted by Crippen LogP contribution is -2.40. The van der Waals surface area contributed by atoms with Gasteiger partial charge in [0, 0.05) is 19.6 Å². The molecule has 4 heteroatoms. The van der Waals surface area contributed by atoms with Gasteiger partial charge >= 0.3 is 0 Å². The molecule has 2 aliphatic heterocycles. The second-order valence-electron chi connectivity index (χ2n) is 6.19. The number of rotatable bonds is 4. The first-order chi connectivity index (χ1) is 8.24. The smallest absolute Gasteiger partial charge is 0.00190 e. The lowest BCUT2D eigenvalue weighted by molar-refractivity contribution is 0.150. The molecule has 0 aromatic carbocycles. The molecule has 2 aliphatic rings. The minimum absolute atomic E-state index is 0. The van der Waals surface area contributed by atoms with Crippen molar-refractivity contribution in [1.82, 2.24) is 15.1 Å². The van der Waals surface area contributed by atoms with E-state index in [9.17, 15) is 0 Å². The fourth-order valence-corrected chi connectivity index (χ4v) is 3.44. The summed E-state index contributed by atoms with van der Waals surface area (Å²) in [5, 5.41) is 3.45. The van der Waals surface area contributed by atoms with Crippen LogP contribution in [-0.2, 0) is 0 Å². The highest BCUT2D eigenvalue weighted by molar-refractivity contribution is 5.85. The van der Waals surface area contributed by atoms with Crippen LogP contribution in [0.3, 0.4) is 0 Å². The summed E-state index contributed by atoms with van der Waals surface area (Å²) in [7, 11) is 4.58.